The number of aromatic nitrogens is 1. The molecule has 0 spiro atoms. The van der Waals surface area contributed by atoms with E-state index < -0.39 is 6.10 Å². The molecule has 1 saturated carbocycles. The zero-order chi connectivity index (χ0) is 17.4. The van der Waals surface area contributed by atoms with Crippen molar-refractivity contribution in [1.29, 1.82) is 0 Å². The van der Waals surface area contributed by atoms with Crippen LogP contribution in [0.1, 0.15) is 18.4 Å². The van der Waals surface area contributed by atoms with Crippen molar-refractivity contribution >= 4 is 5.82 Å². The molecule has 25 heavy (non-hydrogen) atoms. The average molecular weight is 342 g/mol. The molecule has 1 aliphatic heterocycles. The van der Waals surface area contributed by atoms with Crippen molar-refractivity contribution in [2.24, 2.45) is 11.8 Å². The van der Waals surface area contributed by atoms with Crippen LogP contribution >= 0.6 is 0 Å². The Balaban J connectivity index is 1.43. The molecule has 2 heterocycles. The molecule has 1 saturated heterocycles. The van der Waals surface area contributed by atoms with Crippen LogP contribution in [0.25, 0.3) is 0 Å². The van der Waals surface area contributed by atoms with Gasteiger partial charge in [-0.25, -0.2) is 9.37 Å². The predicted molar refractivity (Wildman–Crippen MR) is 94.2 cm³/mol. The summed E-state index contributed by atoms with van der Waals surface area (Å²) in [5.74, 6) is 2.28. The van der Waals surface area contributed by atoms with Gasteiger partial charge in [-0.1, -0.05) is 6.07 Å². The number of hydrogen-bond donors (Lipinski definition) is 1. The van der Waals surface area contributed by atoms with Crippen LogP contribution in [-0.2, 0) is 0 Å². The lowest BCUT2D eigenvalue weighted by Gasteiger charge is -2.35. The smallest absolute Gasteiger partial charge is 0.128 e. The molecule has 4 nitrogen and oxygen atoms in total. The van der Waals surface area contributed by atoms with Gasteiger partial charge >= 0.3 is 0 Å². The van der Waals surface area contributed by atoms with E-state index in [1.165, 1.54) is 12.1 Å². The van der Waals surface area contributed by atoms with Gasteiger partial charge in [-0.2, -0.15) is 0 Å². The Labute approximate surface area is 147 Å². The quantitative estimate of drug-likeness (QED) is 0.931. The molecule has 2 fully saturated rings. The van der Waals surface area contributed by atoms with E-state index in [4.69, 9.17) is 4.74 Å². The molecule has 4 rings (SSSR count). The number of aliphatic hydroxyl groups is 1. The van der Waals surface area contributed by atoms with Gasteiger partial charge in [0.1, 0.15) is 23.5 Å². The highest BCUT2D eigenvalue weighted by atomic mass is 19.1. The van der Waals surface area contributed by atoms with E-state index in [9.17, 15) is 9.50 Å². The largest absolute Gasteiger partial charge is 0.488 e. The minimum atomic E-state index is -0.489. The normalized spacial score (nSPS) is 28.7. The molecule has 132 valence electrons. The van der Waals surface area contributed by atoms with E-state index in [-0.39, 0.29) is 11.9 Å². The summed E-state index contributed by atoms with van der Waals surface area (Å²) in [5, 5.41) is 10.5. The average Bonchev–Trinajstić information content (AvgIpc) is 3.00. The third-order valence-electron chi connectivity index (χ3n) is 5.41. The first-order chi connectivity index (χ1) is 12.1. The zero-order valence-corrected chi connectivity index (χ0v) is 14.3. The van der Waals surface area contributed by atoms with Crippen molar-refractivity contribution < 1.29 is 14.2 Å². The topological polar surface area (TPSA) is 45.6 Å². The second-order valence-electron chi connectivity index (χ2n) is 7.27. The van der Waals surface area contributed by atoms with Gasteiger partial charge in [0.15, 0.2) is 0 Å². The summed E-state index contributed by atoms with van der Waals surface area (Å²) in [6, 6.07) is 10.1. The number of fused-ring (bicyclic) bond motifs is 1. The fraction of sp³-hybridized carbons (Fsp3) is 0.450. The first-order valence-electron chi connectivity index (χ1n) is 8.86. The van der Waals surface area contributed by atoms with Crippen molar-refractivity contribution in [2.45, 2.75) is 32.0 Å². The molecule has 5 heteroatoms. The SMILES string of the molecule is Cc1ccc(N2C[C@H]3C[C@@H](Oc4ccc(F)cc4)[C@H](O)C[C@H]3C2)nc1. The molecular formula is C20H23FN2O2. The highest BCUT2D eigenvalue weighted by molar-refractivity contribution is 5.41. The van der Waals surface area contributed by atoms with E-state index in [0.29, 0.717) is 17.6 Å². The number of hydrogen-bond acceptors (Lipinski definition) is 4. The van der Waals surface area contributed by atoms with Gasteiger partial charge in [0.25, 0.3) is 0 Å². The maximum atomic E-state index is 13.0. The molecule has 1 aromatic heterocycles. The lowest BCUT2D eigenvalue weighted by molar-refractivity contribution is -0.0231. The second kappa shape index (κ2) is 6.64. The van der Waals surface area contributed by atoms with Crippen molar-refractivity contribution in [3.63, 3.8) is 0 Å². The van der Waals surface area contributed by atoms with Crippen LogP contribution in [0.2, 0.25) is 0 Å². The number of ether oxygens (including phenoxy) is 1. The van der Waals surface area contributed by atoms with Gasteiger partial charge in [0.2, 0.25) is 0 Å². The van der Waals surface area contributed by atoms with E-state index in [2.05, 4.69) is 22.0 Å². The van der Waals surface area contributed by atoms with Gasteiger partial charge in [0.05, 0.1) is 6.10 Å². The van der Waals surface area contributed by atoms with Gasteiger partial charge in [0, 0.05) is 19.3 Å². The summed E-state index contributed by atoms with van der Waals surface area (Å²) in [6.45, 7) is 3.91. The number of pyridine rings is 1. The Bertz CT molecular complexity index is 719. The summed E-state index contributed by atoms with van der Waals surface area (Å²) >= 11 is 0. The molecule has 0 amide bonds. The number of aryl methyl sites for hydroxylation is 1. The van der Waals surface area contributed by atoms with Gasteiger partial charge in [-0.15, -0.1) is 0 Å². The number of nitrogens with zero attached hydrogens (tertiary/aromatic N) is 2. The van der Waals surface area contributed by atoms with Crippen LogP contribution in [0.3, 0.4) is 0 Å². The van der Waals surface area contributed by atoms with E-state index in [1.807, 2.05) is 13.1 Å². The molecule has 0 unspecified atom stereocenters. The fourth-order valence-corrected chi connectivity index (χ4v) is 4.04. The highest BCUT2D eigenvalue weighted by Crippen LogP contribution is 2.39. The lowest BCUT2D eigenvalue weighted by Crippen LogP contribution is -2.42. The summed E-state index contributed by atoms with van der Waals surface area (Å²) in [4.78, 5) is 6.84. The Hall–Kier alpha value is -2.14. The monoisotopic (exact) mass is 342 g/mol. The first-order valence-corrected chi connectivity index (χ1v) is 8.86. The molecule has 2 aliphatic rings. The van der Waals surface area contributed by atoms with E-state index in [1.54, 1.807) is 12.1 Å². The third kappa shape index (κ3) is 3.47. The third-order valence-corrected chi connectivity index (χ3v) is 5.41. The molecule has 0 radical (unpaired) electrons. The minimum absolute atomic E-state index is 0.238. The predicted octanol–water partition coefficient (Wildman–Crippen LogP) is 3.18. The zero-order valence-electron chi connectivity index (χ0n) is 14.3. The Morgan fingerprint density at radius 1 is 1.08 bits per heavy atom. The Morgan fingerprint density at radius 3 is 2.48 bits per heavy atom. The number of aliphatic hydroxyl groups excluding tert-OH is 1. The van der Waals surface area contributed by atoms with Gasteiger partial charge in [-0.3, -0.25) is 0 Å². The molecule has 1 aromatic carbocycles. The van der Waals surface area contributed by atoms with Crippen LogP contribution in [0, 0.1) is 24.6 Å². The molecular weight excluding hydrogens is 319 g/mol. The number of rotatable bonds is 3. The summed E-state index contributed by atoms with van der Waals surface area (Å²) in [6.07, 6.45) is 2.71. The van der Waals surface area contributed by atoms with Crippen LogP contribution in [0.5, 0.6) is 5.75 Å². The fourth-order valence-electron chi connectivity index (χ4n) is 4.04. The van der Waals surface area contributed by atoms with Crippen molar-refractivity contribution in [3.05, 3.63) is 54.0 Å². The standard InChI is InChI=1S/C20H23FN2O2/c1-13-2-7-20(22-10-13)23-11-14-8-18(24)19(9-15(14)12-23)25-17-5-3-16(21)4-6-17/h2-7,10,14-15,18-19,24H,8-9,11-12H2,1H3/t14-,15+,18+,19+/m0/s1. The molecule has 1 N–H and O–H groups in total. The molecule has 1 aliphatic carbocycles. The van der Waals surface area contributed by atoms with Gasteiger partial charge in [-0.05, 0) is 67.5 Å². The maximum absolute atomic E-state index is 13.0. The van der Waals surface area contributed by atoms with Crippen LogP contribution < -0.4 is 9.64 Å². The number of benzene rings is 1. The van der Waals surface area contributed by atoms with Crippen molar-refractivity contribution in [3.8, 4) is 5.75 Å². The Morgan fingerprint density at radius 2 is 1.80 bits per heavy atom. The van der Waals surface area contributed by atoms with E-state index in [0.717, 1.165) is 37.3 Å². The maximum Gasteiger partial charge on any atom is 0.128 e. The summed E-state index contributed by atoms with van der Waals surface area (Å²) < 4.78 is 19.0. The van der Waals surface area contributed by atoms with Crippen molar-refractivity contribution in [1.82, 2.24) is 4.98 Å². The first kappa shape index (κ1) is 16.3. The van der Waals surface area contributed by atoms with Crippen LogP contribution in [-0.4, -0.2) is 35.4 Å². The minimum Gasteiger partial charge on any atom is -0.488 e. The highest BCUT2D eigenvalue weighted by Gasteiger charge is 2.43. The second-order valence-corrected chi connectivity index (χ2v) is 7.27. The molecule has 0 bridgehead atoms. The molecule has 2 aromatic rings. The molecule has 4 atom stereocenters. The Kier molecular flexibility index (Phi) is 4.34. The van der Waals surface area contributed by atoms with Crippen LogP contribution in [0.4, 0.5) is 10.2 Å². The van der Waals surface area contributed by atoms with E-state index >= 15 is 0 Å². The lowest BCUT2D eigenvalue weighted by atomic mass is 9.78. The summed E-state index contributed by atoms with van der Waals surface area (Å²) in [7, 11) is 0. The number of anilines is 1. The van der Waals surface area contributed by atoms with Crippen LogP contribution in [0.15, 0.2) is 42.6 Å². The van der Waals surface area contributed by atoms with Gasteiger partial charge < -0.3 is 14.7 Å². The van der Waals surface area contributed by atoms with Crippen molar-refractivity contribution in [2.75, 3.05) is 18.0 Å². The number of halogens is 1. The summed E-state index contributed by atoms with van der Waals surface area (Å²) in [5.41, 5.74) is 1.16.